The standard InChI is InChI=1S/C34H42BrN3O4/c1-22-10-8-9-11-27(22)21-41-31-23(2)16-25(17-24(31)3)19-37(7)32(39)36-29-18-30(26-12-14-28(35)15-13-26)38(20-29)33(40)42-34(4,5)6/h8-17,29-30H,18-21H2,1-7H3,(H,36,39). The summed E-state index contributed by atoms with van der Waals surface area (Å²) in [6, 6.07) is 19.7. The highest BCUT2D eigenvalue weighted by molar-refractivity contribution is 9.10. The molecule has 1 N–H and O–H groups in total. The van der Waals surface area contributed by atoms with E-state index in [-0.39, 0.29) is 24.2 Å². The van der Waals surface area contributed by atoms with Gasteiger partial charge in [-0.05, 0) is 93.5 Å². The van der Waals surface area contributed by atoms with Crippen molar-refractivity contribution in [2.45, 2.75) is 78.8 Å². The predicted molar refractivity (Wildman–Crippen MR) is 170 cm³/mol. The van der Waals surface area contributed by atoms with Crippen LogP contribution in [0.4, 0.5) is 9.59 Å². The minimum absolute atomic E-state index is 0.184. The van der Waals surface area contributed by atoms with Crippen molar-refractivity contribution in [3.63, 3.8) is 0 Å². The SMILES string of the molecule is Cc1ccccc1COc1c(C)cc(CN(C)C(=O)NC2CC(c3ccc(Br)cc3)N(C(=O)OC(C)(C)C)C2)cc1C. The third-order valence-electron chi connectivity index (χ3n) is 7.43. The Kier molecular flexibility index (Phi) is 9.87. The fourth-order valence-corrected chi connectivity index (χ4v) is 5.64. The Morgan fingerprint density at radius 1 is 1.00 bits per heavy atom. The number of urea groups is 1. The molecule has 1 heterocycles. The predicted octanol–water partition coefficient (Wildman–Crippen LogP) is 7.85. The molecular formula is C34H42BrN3O4. The maximum absolute atomic E-state index is 13.3. The second kappa shape index (κ2) is 13.2. The van der Waals surface area contributed by atoms with Crippen molar-refractivity contribution in [1.29, 1.82) is 0 Å². The van der Waals surface area contributed by atoms with E-state index >= 15 is 0 Å². The van der Waals surface area contributed by atoms with Crippen LogP contribution in [0.15, 0.2) is 65.1 Å². The first-order chi connectivity index (χ1) is 19.8. The van der Waals surface area contributed by atoms with Gasteiger partial charge >= 0.3 is 12.1 Å². The molecule has 0 bridgehead atoms. The van der Waals surface area contributed by atoms with Crippen LogP contribution in [0.3, 0.4) is 0 Å². The molecule has 3 amide bonds. The Hall–Kier alpha value is -3.52. The Morgan fingerprint density at radius 2 is 1.64 bits per heavy atom. The quantitative estimate of drug-likeness (QED) is 0.287. The van der Waals surface area contributed by atoms with Crippen LogP contribution in [0.1, 0.15) is 66.6 Å². The third kappa shape index (κ3) is 8.06. The Balaban J connectivity index is 1.40. The lowest BCUT2D eigenvalue weighted by atomic mass is 10.0. The molecule has 0 aliphatic carbocycles. The van der Waals surface area contributed by atoms with E-state index in [9.17, 15) is 9.59 Å². The van der Waals surface area contributed by atoms with Crippen molar-refractivity contribution < 1.29 is 19.1 Å². The van der Waals surface area contributed by atoms with Gasteiger partial charge in [0.2, 0.25) is 0 Å². The molecular weight excluding hydrogens is 594 g/mol. The summed E-state index contributed by atoms with van der Waals surface area (Å²) in [4.78, 5) is 29.8. The summed E-state index contributed by atoms with van der Waals surface area (Å²) in [5, 5.41) is 3.15. The molecule has 224 valence electrons. The second-order valence-electron chi connectivity index (χ2n) is 12.2. The molecule has 7 nitrogen and oxygen atoms in total. The zero-order valence-corrected chi connectivity index (χ0v) is 27.2. The number of likely N-dealkylation sites (tertiary alicyclic amines) is 1. The number of ether oxygens (including phenoxy) is 2. The largest absolute Gasteiger partial charge is 0.488 e. The van der Waals surface area contributed by atoms with Crippen LogP contribution < -0.4 is 10.1 Å². The summed E-state index contributed by atoms with van der Waals surface area (Å²) in [6.07, 6.45) is 0.224. The smallest absolute Gasteiger partial charge is 0.410 e. The first-order valence-electron chi connectivity index (χ1n) is 14.3. The normalized spacial score (nSPS) is 16.7. The van der Waals surface area contributed by atoms with Crippen molar-refractivity contribution in [2.75, 3.05) is 13.6 Å². The Labute approximate surface area is 258 Å². The number of aryl methyl sites for hydroxylation is 3. The van der Waals surface area contributed by atoms with Gasteiger partial charge in [0.1, 0.15) is 18.0 Å². The maximum atomic E-state index is 13.3. The average Bonchev–Trinajstić information content (AvgIpc) is 3.32. The van der Waals surface area contributed by atoms with Crippen molar-refractivity contribution >= 4 is 28.1 Å². The van der Waals surface area contributed by atoms with Gasteiger partial charge in [-0.25, -0.2) is 9.59 Å². The first kappa shape index (κ1) is 31.4. The fourth-order valence-electron chi connectivity index (χ4n) is 5.38. The van der Waals surface area contributed by atoms with E-state index in [2.05, 4.69) is 52.4 Å². The zero-order chi connectivity index (χ0) is 30.6. The lowest BCUT2D eigenvalue weighted by Crippen LogP contribution is -2.44. The molecule has 42 heavy (non-hydrogen) atoms. The number of nitrogens with one attached hydrogen (secondary N) is 1. The molecule has 3 aromatic rings. The van der Waals surface area contributed by atoms with Crippen molar-refractivity contribution in [3.05, 3.63) is 98.5 Å². The van der Waals surface area contributed by atoms with Gasteiger partial charge in [-0.2, -0.15) is 0 Å². The van der Waals surface area contributed by atoms with Crippen LogP contribution in [0.25, 0.3) is 0 Å². The van der Waals surface area contributed by atoms with Crippen molar-refractivity contribution in [2.24, 2.45) is 0 Å². The molecule has 1 aliphatic heterocycles. The molecule has 1 saturated heterocycles. The Morgan fingerprint density at radius 3 is 2.26 bits per heavy atom. The van der Waals surface area contributed by atoms with E-state index in [0.29, 0.717) is 26.1 Å². The van der Waals surface area contributed by atoms with E-state index in [4.69, 9.17) is 9.47 Å². The number of carbonyl (C=O) groups is 2. The van der Waals surface area contributed by atoms with Crippen LogP contribution in [0.2, 0.25) is 0 Å². The number of benzene rings is 3. The molecule has 1 fully saturated rings. The minimum Gasteiger partial charge on any atom is -0.488 e. The molecule has 3 aromatic carbocycles. The first-order valence-corrected chi connectivity index (χ1v) is 15.1. The summed E-state index contributed by atoms with van der Waals surface area (Å²) < 4.78 is 12.9. The van der Waals surface area contributed by atoms with Gasteiger partial charge in [0.25, 0.3) is 0 Å². The van der Waals surface area contributed by atoms with Crippen LogP contribution in [-0.2, 0) is 17.9 Å². The van der Waals surface area contributed by atoms with Gasteiger partial charge in [-0.15, -0.1) is 0 Å². The number of nitrogens with zero attached hydrogens (tertiary/aromatic N) is 2. The third-order valence-corrected chi connectivity index (χ3v) is 7.96. The summed E-state index contributed by atoms with van der Waals surface area (Å²) >= 11 is 3.48. The molecule has 0 radical (unpaired) electrons. The lowest BCUT2D eigenvalue weighted by molar-refractivity contribution is 0.0221. The highest BCUT2D eigenvalue weighted by Gasteiger charge is 2.39. The molecule has 8 heteroatoms. The van der Waals surface area contributed by atoms with E-state index in [1.54, 1.807) is 16.8 Å². The number of rotatable bonds is 7. The fraction of sp³-hybridized carbons (Fsp3) is 0.412. The Bertz CT molecular complexity index is 1390. The van der Waals surface area contributed by atoms with E-state index in [0.717, 1.165) is 38.0 Å². The zero-order valence-electron chi connectivity index (χ0n) is 25.7. The van der Waals surface area contributed by atoms with Gasteiger partial charge in [-0.1, -0.05) is 64.5 Å². The molecule has 2 unspecified atom stereocenters. The monoisotopic (exact) mass is 635 g/mol. The molecule has 0 spiro atoms. The highest BCUT2D eigenvalue weighted by Crippen LogP contribution is 2.34. The maximum Gasteiger partial charge on any atom is 0.410 e. The topological polar surface area (TPSA) is 71.1 Å². The van der Waals surface area contributed by atoms with E-state index < -0.39 is 5.60 Å². The van der Waals surface area contributed by atoms with E-state index in [1.807, 2.05) is 71.0 Å². The van der Waals surface area contributed by atoms with E-state index in [1.165, 1.54) is 5.56 Å². The molecule has 1 aliphatic rings. The number of carbonyl (C=O) groups excluding carboxylic acids is 2. The number of hydrogen-bond donors (Lipinski definition) is 1. The van der Waals surface area contributed by atoms with Crippen LogP contribution in [-0.4, -0.2) is 47.2 Å². The lowest BCUT2D eigenvalue weighted by Gasteiger charge is -2.28. The van der Waals surface area contributed by atoms with Crippen molar-refractivity contribution in [1.82, 2.24) is 15.1 Å². The van der Waals surface area contributed by atoms with Gasteiger partial charge in [0, 0.05) is 24.6 Å². The minimum atomic E-state index is -0.611. The number of amides is 3. The van der Waals surface area contributed by atoms with Gasteiger partial charge in [0.05, 0.1) is 12.1 Å². The van der Waals surface area contributed by atoms with Crippen molar-refractivity contribution in [3.8, 4) is 5.75 Å². The van der Waals surface area contributed by atoms with Crippen LogP contribution >= 0.6 is 15.9 Å². The molecule has 2 atom stereocenters. The van der Waals surface area contributed by atoms with Gasteiger partial charge < -0.3 is 19.7 Å². The average molecular weight is 637 g/mol. The molecule has 0 aromatic heterocycles. The van der Waals surface area contributed by atoms with Gasteiger partial charge in [-0.3, -0.25) is 4.90 Å². The summed E-state index contributed by atoms with van der Waals surface area (Å²) in [7, 11) is 1.79. The van der Waals surface area contributed by atoms with Gasteiger partial charge in [0.15, 0.2) is 0 Å². The number of halogens is 1. The summed E-state index contributed by atoms with van der Waals surface area (Å²) in [6.45, 7) is 13.1. The van der Waals surface area contributed by atoms with Crippen LogP contribution in [0.5, 0.6) is 5.75 Å². The summed E-state index contributed by atoms with van der Waals surface area (Å²) in [5.74, 6) is 0.876. The summed E-state index contributed by atoms with van der Waals surface area (Å²) in [5.41, 5.74) is 5.86. The highest BCUT2D eigenvalue weighted by atomic mass is 79.9. The second-order valence-corrected chi connectivity index (χ2v) is 13.1. The molecule has 0 saturated carbocycles. The van der Waals surface area contributed by atoms with Crippen LogP contribution in [0, 0.1) is 20.8 Å². The molecule has 4 rings (SSSR count). The number of hydrogen-bond acceptors (Lipinski definition) is 4.